The van der Waals surface area contributed by atoms with Crippen LogP contribution >= 0.6 is 46.7 Å². The number of carbonyl (C=O) groups excluding carboxylic acids is 1. The van der Waals surface area contributed by atoms with E-state index in [0.29, 0.717) is 33.7 Å². The molecule has 0 unspecified atom stereocenters. The van der Waals surface area contributed by atoms with Crippen molar-refractivity contribution in [1.82, 2.24) is 20.1 Å². The van der Waals surface area contributed by atoms with Crippen molar-refractivity contribution in [3.05, 3.63) is 69.5 Å². The van der Waals surface area contributed by atoms with Crippen molar-refractivity contribution in [1.29, 1.82) is 0 Å². The minimum absolute atomic E-state index is 0.153. The van der Waals surface area contributed by atoms with Crippen molar-refractivity contribution in [2.75, 3.05) is 19.1 Å². The predicted octanol–water partition coefficient (Wildman–Crippen LogP) is 6.13. The van der Waals surface area contributed by atoms with Gasteiger partial charge < -0.3 is 14.6 Å². The first kappa shape index (κ1) is 25.7. The molecular weight excluding hydrogens is 499 g/mol. The predicted molar refractivity (Wildman–Crippen MR) is 138 cm³/mol. The Morgan fingerprint density at radius 1 is 1.15 bits per heavy atom. The molecule has 3 aromatic rings. The van der Waals surface area contributed by atoms with E-state index in [2.05, 4.69) is 20.1 Å². The van der Waals surface area contributed by atoms with Gasteiger partial charge in [0.05, 0.1) is 23.2 Å². The summed E-state index contributed by atoms with van der Waals surface area (Å²) in [6.45, 7) is 2.74. The lowest BCUT2D eigenvalue weighted by molar-refractivity contribution is 0.0933. The highest BCUT2D eigenvalue weighted by molar-refractivity contribution is 7.98. The lowest BCUT2D eigenvalue weighted by Crippen LogP contribution is -2.31. The Morgan fingerprint density at radius 3 is 2.55 bits per heavy atom. The molecular formula is C23H26Cl2N4O2S2. The molecule has 0 radical (unpaired) electrons. The maximum absolute atomic E-state index is 12.9. The molecule has 0 fully saturated rings. The number of methoxy groups -OCH3 is 1. The molecule has 0 spiro atoms. The number of nitrogens with one attached hydrogen (secondary N) is 1. The molecule has 3 rings (SSSR count). The SMILES string of the molecule is CCn1c(SCc2ccc(Cl)c(Cl)c2)nnc1[C@H](CCSC)NC(=O)c1ccc(OC)cc1. The highest BCUT2D eigenvalue weighted by atomic mass is 35.5. The zero-order valence-electron chi connectivity index (χ0n) is 18.7. The molecule has 0 aliphatic heterocycles. The Labute approximate surface area is 212 Å². The number of halogens is 2. The van der Waals surface area contributed by atoms with E-state index in [9.17, 15) is 4.79 Å². The van der Waals surface area contributed by atoms with Crippen LogP contribution in [0.2, 0.25) is 10.0 Å². The number of thioether (sulfide) groups is 2. The third kappa shape index (κ3) is 6.82. The maximum Gasteiger partial charge on any atom is 0.251 e. The summed E-state index contributed by atoms with van der Waals surface area (Å²) in [5, 5.41) is 13.9. The number of hydrogen-bond donors (Lipinski definition) is 1. The van der Waals surface area contributed by atoms with Gasteiger partial charge in [0, 0.05) is 17.9 Å². The first-order chi connectivity index (χ1) is 16.0. The Morgan fingerprint density at radius 2 is 1.91 bits per heavy atom. The van der Waals surface area contributed by atoms with Gasteiger partial charge in [0.25, 0.3) is 5.91 Å². The van der Waals surface area contributed by atoms with Gasteiger partial charge in [-0.1, -0.05) is 41.0 Å². The zero-order valence-corrected chi connectivity index (χ0v) is 21.8. The summed E-state index contributed by atoms with van der Waals surface area (Å²) in [5.41, 5.74) is 1.62. The molecule has 1 N–H and O–H groups in total. The summed E-state index contributed by atoms with van der Waals surface area (Å²) in [6.07, 6.45) is 2.80. The van der Waals surface area contributed by atoms with Crippen molar-refractivity contribution in [3.63, 3.8) is 0 Å². The second-order valence-corrected chi connectivity index (χ2v) is 9.90. The molecule has 1 atom stereocenters. The average Bonchev–Trinajstić information content (AvgIpc) is 3.25. The van der Waals surface area contributed by atoms with Crippen LogP contribution in [0, 0.1) is 0 Å². The maximum atomic E-state index is 12.9. The van der Waals surface area contributed by atoms with Gasteiger partial charge in [-0.3, -0.25) is 4.79 Å². The van der Waals surface area contributed by atoms with Crippen molar-refractivity contribution in [2.45, 2.75) is 36.8 Å². The van der Waals surface area contributed by atoms with E-state index in [1.807, 2.05) is 25.3 Å². The van der Waals surface area contributed by atoms with Crippen LogP contribution in [-0.2, 0) is 12.3 Å². The molecule has 2 aromatic carbocycles. The Kier molecular flexibility index (Phi) is 9.79. The number of carbonyl (C=O) groups is 1. The van der Waals surface area contributed by atoms with Crippen molar-refractivity contribution < 1.29 is 9.53 Å². The van der Waals surface area contributed by atoms with Crippen LogP contribution in [0.4, 0.5) is 0 Å². The standard InChI is InChI=1S/C23H26Cl2N4O2S2/c1-4-29-21(27-28-23(29)33-14-15-5-10-18(24)19(25)13-15)20(11-12-32-3)26-22(30)16-6-8-17(31-2)9-7-16/h5-10,13,20H,4,11-12,14H2,1-3H3,(H,26,30)/t20-/m0/s1. The average molecular weight is 526 g/mol. The fraction of sp³-hybridized carbons (Fsp3) is 0.348. The van der Waals surface area contributed by atoms with Gasteiger partial charge in [0.2, 0.25) is 0 Å². The van der Waals surface area contributed by atoms with Crippen LogP contribution < -0.4 is 10.1 Å². The second-order valence-electron chi connectivity index (χ2n) is 7.16. The number of rotatable bonds is 11. The topological polar surface area (TPSA) is 69.0 Å². The molecule has 1 amide bonds. The molecule has 1 heterocycles. The first-order valence-electron chi connectivity index (χ1n) is 10.4. The lowest BCUT2D eigenvalue weighted by atomic mass is 10.1. The molecule has 0 saturated carbocycles. The summed E-state index contributed by atoms with van der Waals surface area (Å²) in [7, 11) is 1.60. The van der Waals surface area contributed by atoms with Crippen LogP contribution in [0.15, 0.2) is 47.6 Å². The summed E-state index contributed by atoms with van der Waals surface area (Å²) in [6, 6.07) is 12.4. The van der Waals surface area contributed by atoms with Crippen molar-refractivity contribution in [2.24, 2.45) is 0 Å². The van der Waals surface area contributed by atoms with Gasteiger partial charge >= 0.3 is 0 Å². The molecule has 0 aliphatic rings. The molecule has 0 bridgehead atoms. The van der Waals surface area contributed by atoms with E-state index in [4.69, 9.17) is 27.9 Å². The van der Waals surface area contributed by atoms with E-state index in [1.54, 1.807) is 61.0 Å². The first-order valence-corrected chi connectivity index (χ1v) is 13.5. The fourth-order valence-corrected chi connectivity index (χ4v) is 4.97. The van der Waals surface area contributed by atoms with Crippen LogP contribution in [-0.4, -0.2) is 39.8 Å². The van der Waals surface area contributed by atoms with Gasteiger partial charge in [-0.2, -0.15) is 11.8 Å². The summed E-state index contributed by atoms with van der Waals surface area (Å²) >= 11 is 15.5. The quantitative estimate of drug-likeness (QED) is 0.304. The second kappa shape index (κ2) is 12.6. The Balaban J connectivity index is 1.77. The molecule has 33 heavy (non-hydrogen) atoms. The van der Waals surface area contributed by atoms with Crippen LogP contribution in [0.25, 0.3) is 0 Å². The van der Waals surface area contributed by atoms with Gasteiger partial charge in [0.1, 0.15) is 5.75 Å². The van der Waals surface area contributed by atoms with E-state index in [-0.39, 0.29) is 11.9 Å². The van der Waals surface area contributed by atoms with Crippen LogP contribution in [0.1, 0.15) is 41.1 Å². The summed E-state index contributed by atoms with van der Waals surface area (Å²) < 4.78 is 7.24. The van der Waals surface area contributed by atoms with Crippen LogP contribution in [0.5, 0.6) is 5.75 Å². The number of ether oxygens (including phenoxy) is 1. The molecule has 176 valence electrons. The summed E-state index contributed by atoms with van der Waals surface area (Å²) in [5.74, 6) is 2.88. The Bertz CT molecular complexity index is 1080. The van der Waals surface area contributed by atoms with E-state index in [1.165, 1.54) is 0 Å². The van der Waals surface area contributed by atoms with Gasteiger partial charge in [-0.25, -0.2) is 0 Å². The lowest BCUT2D eigenvalue weighted by Gasteiger charge is -2.19. The third-order valence-corrected chi connectivity index (χ3v) is 7.41. The van der Waals surface area contributed by atoms with E-state index < -0.39 is 0 Å². The highest BCUT2D eigenvalue weighted by Gasteiger charge is 2.23. The third-order valence-electron chi connectivity index (χ3n) is 4.99. The molecule has 6 nitrogen and oxygen atoms in total. The molecule has 10 heteroatoms. The van der Waals surface area contributed by atoms with Crippen molar-refractivity contribution in [3.8, 4) is 5.75 Å². The minimum atomic E-state index is -0.251. The number of nitrogens with zero attached hydrogens (tertiary/aromatic N) is 3. The largest absolute Gasteiger partial charge is 0.497 e. The summed E-state index contributed by atoms with van der Waals surface area (Å²) in [4.78, 5) is 12.9. The fourth-order valence-electron chi connectivity index (χ4n) is 3.22. The Hall–Kier alpha value is -1.87. The highest BCUT2D eigenvalue weighted by Crippen LogP contribution is 2.29. The number of hydrogen-bond acceptors (Lipinski definition) is 6. The smallest absolute Gasteiger partial charge is 0.251 e. The van der Waals surface area contributed by atoms with Crippen molar-refractivity contribution >= 4 is 52.6 Å². The molecule has 0 saturated heterocycles. The minimum Gasteiger partial charge on any atom is -0.497 e. The van der Waals surface area contributed by atoms with E-state index in [0.717, 1.165) is 28.7 Å². The van der Waals surface area contributed by atoms with Gasteiger partial charge in [-0.05, 0) is 67.3 Å². The molecule has 1 aromatic heterocycles. The number of amides is 1. The zero-order chi connectivity index (χ0) is 23.8. The van der Waals surface area contributed by atoms with Crippen LogP contribution in [0.3, 0.4) is 0 Å². The normalized spacial score (nSPS) is 11.9. The number of aromatic nitrogens is 3. The van der Waals surface area contributed by atoms with Gasteiger partial charge in [0.15, 0.2) is 11.0 Å². The molecule has 0 aliphatic carbocycles. The number of benzene rings is 2. The monoisotopic (exact) mass is 524 g/mol. The van der Waals surface area contributed by atoms with Gasteiger partial charge in [-0.15, -0.1) is 10.2 Å². The van der Waals surface area contributed by atoms with E-state index >= 15 is 0 Å².